The summed E-state index contributed by atoms with van der Waals surface area (Å²) >= 11 is 5.62. The van der Waals surface area contributed by atoms with Crippen molar-refractivity contribution in [1.82, 2.24) is 0 Å². The number of nitrogens with two attached hydrogens (primary N) is 1. The van der Waals surface area contributed by atoms with Crippen LogP contribution in [0.5, 0.6) is 5.75 Å². The fraction of sp³-hybridized carbons (Fsp3) is 0.400. The lowest BCUT2D eigenvalue weighted by Gasteiger charge is -2.05. The van der Waals surface area contributed by atoms with Crippen LogP contribution >= 0.6 is 11.6 Å². The third kappa shape index (κ3) is 2.86. The molecule has 0 saturated heterocycles. The third-order valence-corrected chi connectivity index (χ3v) is 2.30. The van der Waals surface area contributed by atoms with Gasteiger partial charge in [-0.1, -0.05) is 11.6 Å². The second kappa shape index (κ2) is 5.17. The summed E-state index contributed by atoms with van der Waals surface area (Å²) in [4.78, 5) is 0. The van der Waals surface area contributed by atoms with E-state index in [1.165, 1.54) is 6.07 Å². The molecule has 1 aromatic rings. The maximum absolute atomic E-state index is 12.9. The van der Waals surface area contributed by atoms with Crippen LogP contribution in [0.4, 0.5) is 4.39 Å². The molecule has 0 aliphatic carbocycles. The maximum atomic E-state index is 12.9. The van der Waals surface area contributed by atoms with Crippen molar-refractivity contribution in [3.05, 3.63) is 28.5 Å². The molecule has 0 aliphatic rings. The van der Waals surface area contributed by atoms with Gasteiger partial charge in [-0.25, -0.2) is 4.39 Å². The van der Waals surface area contributed by atoms with Crippen molar-refractivity contribution in [3.8, 4) is 5.75 Å². The molecule has 0 spiro atoms. The first-order valence-electron chi connectivity index (χ1n) is 4.52. The Balaban J connectivity index is 2.75. The summed E-state index contributed by atoms with van der Waals surface area (Å²) in [6, 6.07) is 2.40. The van der Waals surface area contributed by atoms with Crippen molar-refractivity contribution < 1.29 is 9.50 Å². The second-order valence-corrected chi connectivity index (χ2v) is 3.55. The minimum atomic E-state index is -0.421. The topological polar surface area (TPSA) is 46.2 Å². The molecule has 1 aromatic carbocycles. The highest BCUT2D eigenvalue weighted by atomic mass is 35.5. The number of unbranched alkanes of at least 4 members (excludes halogenated alkanes) is 1. The Kier molecular flexibility index (Phi) is 4.17. The summed E-state index contributed by atoms with van der Waals surface area (Å²) in [7, 11) is 0. The van der Waals surface area contributed by atoms with Crippen LogP contribution in [0.2, 0.25) is 5.02 Å². The fourth-order valence-electron chi connectivity index (χ4n) is 1.27. The molecule has 14 heavy (non-hydrogen) atoms. The summed E-state index contributed by atoms with van der Waals surface area (Å²) < 4.78 is 12.9. The van der Waals surface area contributed by atoms with Crippen LogP contribution in [-0.2, 0) is 6.42 Å². The van der Waals surface area contributed by atoms with Crippen molar-refractivity contribution >= 4 is 11.6 Å². The lowest BCUT2D eigenvalue weighted by Crippen LogP contribution is -1.99. The van der Waals surface area contributed by atoms with E-state index in [4.69, 9.17) is 17.3 Å². The van der Waals surface area contributed by atoms with Gasteiger partial charge < -0.3 is 10.8 Å². The Bertz CT molecular complexity index is 317. The number of halogens is 2. The first kappa shape index (κ1) is 11.3. The van der Waals surface area contributed by atoms with E-state index < -0.39 is 5.82 Å². The third-order valence-electron chi connectivity index (χ3n) is 2.01. The molecular weight excluding hydrogens is 205 g/mol. The minimum absolute atomic E-state index is 0.0231. The Labute approximate surface area is 87.5 Å². The number of phenolic OH excluding ortho intramolecular Hbond substituents is 1. The largest absolute Gasteiger partial charge is 0.506 e. The van der Waals surface area contributed by atoms with Crippen LogP contribution in [0.25, 0.3) is 0 Å². The summed E-state index contributed by atoms with van der Waals surface area (Å²) in [5.41, 5.74) is 5.87. The van der Waals surface area contributed by atoms with Gasteiger partial charge in [0, 0.05) is 0 Å². The Morgan fingerprint density at radius 1 is 1.36 bits per heavy atom. The average Bonchev–Trinajstić information content (AvgIpc) is 2.13. The first-order chi connectivity index (χ1) is 6.65. The van der Waals surface area contributed by atoms with E-state index in [9.17, 15) is 9.50 Å². The fourth-order valence-corrected chi connectivity index (χ4v) is 1.50. The summed E-state index contributed by atoms with van der Waals surface area (Å²) in [6.07, 6.45) is 2.28. The van der Waals surface area contributed by atoms with Crippen molar-refractivity contribution in [2.24, 2.45) is 5.73 Å². The molecule has 2 nitrogen and oxygen atoms in total. The molecule has 0 amide bonds. The number of hydrogen-bond donors (Lipinski definition) is 2. The molecule has 4 heteroatoms. The number of aromatic hydroxyl groups is 1. The van der Waals surface area contributed by atoms with Crippen molar-refractivity contribution in [1.29, 1.82) is 0 Å². The molecular formula is C10H13ClFNO. The molecule has 0 bridgehead atoms. The van der Waals surface area contributed by atoms with Crippen LogP contribution in [0, 0.1) is 5.82 Å². The lowest BCUT2D eigenvalue weighted by atomic mass is 10.1. The Morgan fingerprint density at radius 2 is 2.07 bits per heavy atom. The zero-order chi connectivity index (χ0) is 10.6. The van der Waals surface area contributed by atoms with E-state index in [2.05, 4.69) is 0 Å². The molecule has 0 atom stereocenters. The van der Waals surface area contributed by atoms with E-state index >= 15 is 0 Å². The molecule has 78 valence electrons. The first-order valence-corrected chi connectivity index (χ1v) is 4.90. The average molecular weight is 218 g/mol. The number of hydrogen-bond acceptors (Lipinski definition) is 2. The highest BCUT2D eigenvalue weighted by Crippen LogP contribution is 2.29. The van der Waals surface area contributed by atoms with E-state index in [1.807, 2.05) is 0 Å². The van der Waals surface area contributed by atoms with Crippen molar-refractivity contribution in [2.45, 2.75) is 19.3 Å². The monoisotopic (exact) mass is 217 g/mol. The molecule has 0 fully saturated rings. The summed E-state index contributed by atoms with van der Waals surface area (Å²) in [5.74, 6) is -0.444. The Morgan fingerprint density at radius 3 is 2.71 bits per heavy atom. The van der Waals surface area contributed by atoms with Crippen molar-refractivity contribution in [2.75, 3.05) is 6.54 Å². The zero-order valence-electron chi connectivity index (χ0n) is 7.76. The normalized spacial score (nSPS) is 10.5. The van der Waals surface area contributed by atoms with Gasteiger partial charge in [0.05, 0.1) is 5.02 Å². The van der Waals surface area contributed by atoms with Crippen LogP contribution in [0.3, 0.4) is 0 Å². The van der Waals surface area contributed by atoms with Crippen LogP contribution < -0.4 is 5.73 Å². The van der Waals surface area contributed by atoms with Gasteiger partial charge in [0.1, 0.15) is 11.6 Å². The molecule has 0 unspecified atom stereocenters. The van der Waals surface area contributed by atoms with Gasteiger partial charge in [-0.3, -0.25) is 0 Å². The second-order valence-electron chi connectivity index (χ2n) is 3.14. The van der Waals surface area contributed by atoms with E-state index in [1.54, 1.807) is 0 Å². The van der Waals surface area contributed by atoms with Gasteiger partial charge in [-0.05, 0) is 43.5 Å². The molecule has 0 saturated carbocycles. The van der Waals surface area contributed by atoms with Crippen LogP contribution in [-0.4, -0.2) is 11.7 Å². The number of phenols is 1. The number of rotatable bonds is 4. The molecule has 3 N–H and O–H groups in total. The maximum Gasteiger partial charge on any atom is 0.137 e. The lowest BCUT2D eigenvalue weighted by molar-refractivity contribution is 0.464. The summed E-state index contributed by atoms with van der Waals surface area (Å²) in [6.45, 7) is 0.601. The smallest absolute Gasteiger partial charge is 0.137 e. The van der Waals surface area contributed by atoms with Gasteiger partial charge in [0.25, 0.3) is 0 Å². The predicted molar refractivity (Wildman–Crippen MR) is 55.1 cm³/mol. The molecule has 0 heterocycles. The van der Waals surface area contributed by atoms with Gasteiger partial charge in [0.15, 0.2) is 0 Å². The standard InChI is InChI=1S/C10H13ClFNO/c11-9-6-8(12)5-7(10(9)14)3-1-2-4-13/h5-6,14H,1-4,13H2. The number of benzene rings is 1. The summed E-state index contributed by atoms with van der Waals surface area (Å²) in [5, 5.41) is 9.55. The molecule has 0 aromatic heterocycles. The van der Waals surface area contributed by atoms with E-state index in [0.29, 0.717) is 18.5 Å². The van der Waals surface area contributed by atoms with Crippen LogP contribution in [0.15, 0.2) is 12.1 Å². The Hall–Kier alpha value is -0.800. The molecule has 0 aliphatic heterocycles. The molecule has 1 rings (SSSR count). The van der Waals surface area contributed by atoms with Gasteiger partial charge in [-0.2, -0.15) is 0 Å². The highest BCUT2D eigenvalue weighted by molar-refractivity contribution is 6.32. The van der Waals surface area contributed by atoms with E-state index in [-0.39, 0.29) is 10.8 Å². The van der Waals surface area contributed by atoms with Gasteiger partial charge in [-0.15, -0.1) is 0 Å². The number of aryl methyl sites for hydroxylation is 1. The van der Waals surface area contributed by atoms with Gasteiger partial charge in [0.2, 0.25) is 0 Å². The SMILES string of the molecule is NCCCCc1cc(F)cc(Cl)c1O. The van der Waals surface area contributed by atoms with E-state index in [0.717, 1.165) is 18.9 Å². The molecule has 0 radical (unpaired) electrons. The van der Waals surface area contributed by atoms with Crippen LogP contribution in [0.1, 0.15) is 18.4 Å². The van der Waals surface area contributed by atoms with Gasteiger partial charge >= 0.3 is 0 Å². The zero-order valence-corrected chi connectivity index (χ0v) is 8.52. The minimum Gasteiger partial charge on any atom is -0.506 e. The quantitative estimate of drug-likeness (QED) is 0.762. The van der Waals surface area contributed by atoms with Crippen molar-refractivity contribution in [3.63, 3.8) is 0 Å². The highest BCUT2D eigenvalue weighted by Gasteiger charge is 2.07. The predicted octanol–water partition coefficient (Wildman–Crippen LogP) is 2.47.